The number of rotatable bonds is 6. The molecule has 7 nitrogen and oxygen atoms in total. The van der Waals surface area contributed by atoms with Gasteiger partial charge in [-0.3, -0.25) is 19.7 Å². The third-order valence-electron chi connectivity index (χ3n) is 2.44. The van der Waals surface area contributed by atoms with Gasteiger partial charge in [0, 0.05) is 17.7 Å². The summed E-state index contributed by atoms with van der Waals surface area (Å²) in [6.45, 7) is 3.48. The van der Waals surface area contributed by atoms with Crippen LogP contribution in [0, 0.1) is 10.1 Å². The number of nitro groups is 1. The van der Waals surface area contributed by atoms with Gasteiger partial charge >= 0.3 is 0 Å². The van der Waals surface area contributed by atoms with Crippen LogP contribution in [0.25, 0.3) is 0 Å². The zero-order valence-corrected chi connectivity index (χ0v) is 11.4. The van der Waals surface area contributed by atoms with Crippen molar-refractivity contribution in [2.45, 2.75) is 26.3 Å². The maximum absolute atomic E-state index is 11.7. The summed E-state index contributed by atoms with van der Waals surface area (Å²) in [6, 6.07) is 6.02. The minimum atomic E-state index is -0.534. The lowest BCUT2D eigenvalue weighted by Gasteiger charge is -2.09. The molecule has 0 aliphatic carbocycles. The molecule has 0 radical (unpaired) electrons. The predicted molar refractivity (Wildman–Crippen MR) is 73.1 cm³/mol. The number of carbonyl (C=O) groups is 2. The highest BCUT2D eigenvalue weighted by atomic mass is 16.6. The van der Waals surface area contributed by atoms with E-state index in [0.29, 0.717) is 5.56 Å². The molecule has 0 aromatic heterocycles. The molecular weight excluding hydrogens is 262 g/mol. The SMILES string of the molecule is CC(C)NC(=O)CNC(=O)Cc1ccccc1[N+](=O)[O-]. The van der Waals surface area contributed by atoms with Gasteiger partial charge in [-0.05, 0) is 13.8 Å². The molecule has 0 saturated carbocycles. The van der Waals surface area contributed by atoms with Crippen LogP contribution in [0.15, 0.2) is 24.3 Å². The Morgan fingerprint density at radius 3 is 2.50 bits per heavy atom. The van der Waals surface area contributed by atoms with E-state index in [1.54, 1.807) is 6.07 Å². The average molecular weight is 279 g/mol. The molecule has 0 unspecified atom stereocenters. The summed E-state index contributed by atoms with van der Waals surface area (Å²) < 4.78 is 0. The van der Waals surface area contributed by atoms with Gasteiger partial charge < -0.3 is 10.6 Å². The molecule has 108 valence electrons. The van der Waals surface area contributed by atoms with Crippen molar-refractivity contribution in [1.29, 1.82) is 0 Å². The third kappa shape index (κ3) is 5.05. The normalized spacial score (nSPS) is 10.2. The number of para-hydroxylation sites is 1. The molecule has 2 N–H and O–H groups in total. The van der Waals surface area contributed by atoms with E-state index in [0.717, 1.165) is 0 Å². The third-order valence-corrected chi connectivity index (χ3v) is 2.44. The van der Waals surface area contributed by atoms with E-state index in [4.69, 9.17) is 0 Å². The van der Waals surface area contributed by atoms with Gasteiger partial charge in [0.05, 0.1) is 17.9 Å². The first-order valence-corrected chi connectivity index (χ1v) is 6.18. The summed E-state index contributed by atoms with van der Waals surface area (Å²) in [4.78, 5) is 33.3. The maximum Gasteiger partial charge on any atom is 0.273 e. The van der Waals surface area contributed by atoms with Crippen LogP contribution in [-0.2, 0) is 16.0 Å². The molecule has 0 fully saturated rings. The fourth-order valence-corrected chi connectivity index (χ4v) is 1.63. The molecule has 2 amide bonds. The van der Waals surface area contributed by atoms with Crippen LogP contribution < -0.4 is 10.6 Å². The molecule has 20 heavy (non-hydrogen) atoms. The van der Waals surface area contributed by atoms with Crippen molar-refractivity contribution in [2.24, 2.45) is 0 Å². The van der Waals surface area contributed by atoms with E-state index >= 15 is 0 Å². The van der Waals surface area contributed by atoms with Crippen molar-refractivity contribution in [2.75, 3.05) is 6.54 Å². The quantitative estimate of drug-likeness (QED) is 0.593. The molecule has 1 aromatic rings. The Hall–Kier alpha value is -2.44. The van der Waals surface area contributed by atoms with Gasteiger partial charge in [-0.1, -0.05) is 18.2 Å². The summed E-state index contributed by atoms with van der Waals surface area (Å²) in [5.41, 5.74) is 0.216. The average Bonchev–Trinajstić information content (AvgIpc) is 2.36. The van der Waals surface area contributed by atoms with E-state index < -0.39 is 10.8 Å². The fourth-order valence-electron chi connectivity index (χ4n) is 1.63. The van der Waals surface area contributed by atoms with Crippen molar-refractivity contribution in [3.8, 4) is 0 Å². The number of nitro benzene ring substituents is 1. The molecule has 7 heteroatoms. The smallest absolute Gasteiger partial charge is 0.273 e. The number of benzene rings is 1. The molecule has 0 aliphatic heterocycles. The van der Waals surface area contributed by atoms with E-state index in [1.165, 1.54) is 18.2 Å². The van der Waals surface area contributed by atoms with E-state index in [-0.39, 0.29) is 30.6 Å². The van der Waals surface area contributed by atoms with Crippen LogP contribution in [0.2, 0.25) is 0 Å². The Labute approximate surface area is 116 Å². The molecule has 1 rings (SSSR count). The van der Waals surface area contributed by atoms with Gasteiger partial charge in [0.25, 0.3) is 5.69 Å². The predicted octanol–water partition coefficient (Wildman–Crippen LogP) is 0.778. The van der Waals surface area contributed by atoms with Gasteiger partial charge in [0.1, 0.15) is 0 Å². The molecule has 0 bridgehead atoms. The van der Waals surface area contributed by atoms with Gasteiger partial charge in [-0.25, -0.2) is 0 Å². The summed E-state index contributed by atoms with van der Waals surface area (Å²) >= 11 is 0. The molecule has 1 aromatic carbocycles. The highest BCUT2D eigenvalue weighted by molar-refractivity contribution is 5.86. The standard InChI is InChI=1S/C13H17N3O4/c1-9(2)15-13(18)8-14-12(17)7-10-5-3-4-6-11(10)16(19)20/h3-6,9H,7-8H2,1-2H3,(H,14,17)(H,15,18). The Morgan fingerprint density at radius 2 is 1.90 bits per heavy atom. The zero-order valence-electron chi connectivity index (χ0n) is 11.4. The molecule has 0 saturated heterocycles. The van der Waals surface area contributed by atoms with Gasteiger partial charge in [-0.15, -0.1) is 0 Å². The van der Waals surface area contributed by atoms with Crippen LogP contribution in [0.4, 0.5) is 5.69 Å². The first kappa shape index (κ1) is 15.6. The number of amides is 2. The second kappa shape index (κ2) is 7.22. The Balaban J connectivity index is 2.55. The molecule has 0 spiro atoms. The lowest BCUT2D eigenvalue weighted by Crippen LogP contribution is -2.40. The monoisotopic (exact) mass is 279 g/mol. The van der Waals surface area contributed by atoms with Crippen LogP contribution in [0.3, 0.4) is 0 Å². The van der Waals surface area contributed by atoms with Gasteiger partial charge in [-0.2, -0.15) is 0 Å². The molecule has 0 atom stereocenters. The first-order valence-electron chi connectivity index (χ1n) is 6.18. The van der Waals surface area contributed by atoms with Crippen molar-refractivity contribution >= 4 is 17.5 Å². The molecule has 0 heterocycles. The van der Waals surface area contributed by atoms with E-state index in [1.807, 2.05) is 13.8 Å². The fraction of sp³-hybridized carbons (Fsp3) is 0.385. The zero-order chi connectivity index (χ0) is 15.1. The number of hydrogen-bond donors (Lipinski definition) is 2. The van der Waals surface area contributed by atoms with Crippen LogP contribution in [0.1, 0.15) is 19.4 Å². The van der Waals surface area contributed by atoms with E-state index in [2.05, 4.69) is 10.6 Å². The largest absolute Gasteiger partial charge is 0.352 e. The highest BCUT2D eigenvalue weighted by Gasteiger charge is 2.15. The van der Waals surface area contributed by atoms with Crippen LogP contribution in [-0.4, -0.2) is 29.3 Å². The first-order chi connectivity index (χ1) is 9.40. The summed E-state index contributed by atoms with van der Waals surface area (Å²) in [5.74, 6) is -0.728. The van der Waals surface area contributed by atoms with E-state index in [9.17, 15) is 19.7 Å². The van der Waals surface area contributed by atoms with Crippen LogP contribution >= 0.6 is 0 Å². The summed E-state index contributed by atoms with van der Waals surface area (Å²) in [5, 5.41) is 15.9. The number of carbonyl (C=O) groups excluding carboxylic acids is 2. The van der Waals surface area contributed by atoms with Gasteiger partial charge in [0.15, 0.2) is 0 Å². The Bertz CT molecular complexity index is 514. The second-order valence-electron chi connectivity index (χ2n) is 4.56. The topological polar surface area (TPSA) is 101 Å². The minimum absolute atomic E-state index is 0.00499. The molecular formula is C13H17N3O4. The Kier molecular flexibility index (Phi) is 5.64. The second-order valence-corrected chi connectivity index (χ2v) is 4.56. The van der Waals surface area contributed by atoms with Crippen molar-refractivity contribution in [1.82, 2.24) is 10.6 Å². The number of hydrogen-bond acceptors (Lipinski definition) is 4. The lowest BCUT2D eigenvalue weighted by molar-refractivity contribution is -0.385. The van der Waals surface area contributed by atoms with Crippen molar-refractivity contribution in [3.63, 3.8) is 0 Å². The number of nitrogens with zero attached hydrogens (tertiary/aromatic N) is 1. The number of nitrogens with one attached hydrogen (secondary N) is 2. The summed E-state index contributed by atoms with van der Waals surface area (Å²) in [6.07, 6.45) is -0.133. The highest BCUT2D eigenvalue weighted by Crippen LogP contribution is 2.17. The summed E-state index contributed by atoms with van der Waals surface area (Å²) in [7, 11) is 0. The maximum atomic E-state index is 11.7. The lowest BCUT2D eigenvalue weighted by atomic mass is 10.1. The molecule has 0 aliphatic rings. The Morgan fingerprint density at radius 1 is 1.25 bits per heavy atom. The van der Waals surface area contributed by atoms with Gasteiger partial charge in [0.2, 0.25) is 11.8 Å². The van der Waals surface area contributed by atoms with Crippen molar-refractivity contribution < 1.29 is 14.5 Å². The van der Waals surface area contributed by atoms with Crippen LogP contribution in [0.5, 0.6) is 0 Å². The van der Waals surface area contributed by atoms with Crippen molar-refractivity contribution in [3.05, 3.63) is 39.9 Å². The minimum Gasteiger partial charge on any atom is -0.352 e.